The zero-order valence-corrected chi connectivity index (χ0v) is 17.9. The maximum Gasteiger partial charge on any atom is 0.181 e. The first kappa shape index (κ1) is 19.3. The number of benzene rings is 2. The first-order valence-corrected chi connectivity index (χ1v) is 11.9. The fourth-order valence-electron chi connectivity index (χ4n) is 3.43. The number of thiazole rings is 1. The van der Waals surface area contributed by atoms with Crippen LogP contribution in [0.3, 0.4) is 0 Å². The van der Waals surface area contributed by atoms with Crippen LogP contribution >= 0.6 is 11.3 Å². The molecule has 0 radical (unpaired) electrons. The van der Waals surface area contributed by atoms with Crippen LogP contribution in [0.15, 0.2) is 66.1 Å². The van der Waals surface area contributed by atoms with E-state index in [9.17, 15) is 8.42 Å². The summed E-state index contributed by atoms with van der Waals surface area (Å²) in [5.74, 6) is 0. The lowest BCUT2D eigenvalue weighted by Crippen LogP contribution is -2.03. The van der Waals surface area contributed by atoms with Gasteiger partial charge in [-0.25, -0.2) is 13.4 Å². The SMILES string of the molecule is CS(=O)(=O)c1ccncc1Nc1cc(-c2ccc3nc(N)sc3c2)c2nccnc2c1. The number of hydrogen-bond acceptors (Lipinski definition) is 9. The van der Waals surface area contributed by atoms with Gasteiger partial charge in [0.2, 0.25) is 0 Å². The molecule has 0 fully saturated rings. The molecular formula is C21H16N6O2S2. The van der Waals surface area contributed by atoms with Crippen molar-refractivity contribution in [1.82, 2.24) is 19.9 Å². The summed E-state index contributed by atoms with van der Waals surface area (Å²) < 4.78 is 25.3. The number of anilines is 3. The quantitative estimate of drug-likeness (QED) is 0.422. The lowest BCUT2D eigenvalue weighted by atomic mass is 10.0. The molecule has 0 saturated carbocycles. The Morgan fingerprint density at radius 3 is 2.68 bits per heavy atom. The maximum absolute atomic E-state index is 12.2. The number of nitrogens with two attached hydrogens (primary N) is 1. The van der Waals surface area contributed by atoms with Crippen LogP contribution in [0.25, 0.3) is 32.4 Å². The molecule has 8 nitrogen and oxygen atoms in total. The van der Waals surface area contributed by atoms with Crippen LogP contribution in [0.1, 0.15) is 0 Å². The predicted octanol–water partition coefficient (Wildman–Crippen LogP) is 4.03. The van der Waals surface area contributed by atoms with Crippen molar-refractivity contribution >= 4 is 58.9 Å². The van der Waals surface area contributed by atoms with Crippen LogP contribution in [0.5, 0.6) is 0 Å². The van der Waals surface area contributed by atoms with E-state index in [4.69, 9.17) is 5.73 Å². The maximum atomic E-state index is 12.2. The third-order valence-corrected chi connectivity index (χ3v) is 6.75. The first-order chi connectivity index (χ1) is 14.9. The Morgan fingerprint density at radius 1 is 1.00 bits per heavy atom. The molecule has 2 aromatic carbocycles. The Bertz CT molecular complexity index is 1560. The van der Waals surface area contributed by atoms with E-state index in [0.717, 1.165) is 26.9 Å². The summed E-state index contributed by atoms with van der Waals surface area (Å²) in [6.45, 7) is 0. The number of nitrogen functional groups attached to an aromatic ring is 1. The Kier molecular flexibility index (Phi) is 4.53. The molecule has 0 aliphatic rings. The molecule has 31 heavy (non-hydrogen) atoms. The molecule has 154 valence electrons. The van der Waals surface area contributed by atoms with Crippen LogP contribution < -0.4 is 11.1 Å². The highest BCUT2D eigenvalue weighted by molar-refractivity contribution is 7.90. The molecule has 3 N–H and O–H groups in total. The van der Waals surface area contributed by atoms with Crippen molar-refractivity contribution in [2.75, 3.05) is 17.3 Å². The molecule has 0 bridgehead atoms. The van der Waals surface area contributed by atoms with E-state index >= 15 is 0 Å². The number of rotatable bonds is 4. The number of nitrogens with zero attached hydrogens (tertiary/aromatic N) is 4. The van der Waals surface area contributed by atoms with E-state index in [-0.39, 0.29) is 4.90 Å². The summed E-state index contributed by atoms with van der Waals surface area (Å²) in [6.07, 6.45) is 7.37. The van der Waals surface area contributed by atoms with Crippen LogP contribution in [0.2, 0.25) is 0 Å². The fourth-order valence-corrected chi connectivity index (χ4v) is 5.02. The molecule has 5 rings (SSSR count). The van der Waals surface area contributed by atoms with E-state index in [0.29, 0.717) is 22.0 Å². The third-order valence-electron chi connectivity index (χ3n) is 4.75. The number of pyridine rings is 1. The van der Waals surface area contributed by atoms with E-state index in [2.05, 4.69) is 25.3 Å². The fraction of sp³-hybridized carbons (Fsp3) is 0.0476. The van der Waals surface area contributed by atoms with Gasteiger partial charge in [0.25, 0.3) is 0 Å². The lowest BCUT2D eigenvalue weighted by molar-refractivity contribution is 0.602. The molecular weight excluding hydrogens is 432 g/mol. The van der Waals surface area contributed by atoms with Crippen molar-refractivity contribution in [2.24, 2.45) is 0 Å². The molecule has 5 aromatic rings. The second-order valence-corrected chi connectivity index (χ2v) is 10.00. The second-order valence-electron chi connectivity index (χ2n) is 6.95. The van der Waals surface area contributed by atoms with E-state index < -0.39 is 9.84 Å². The summed E-state index contributed by atoms with van der Waals surface area (Å²) in [4.78, 5) is 17.5. The van der Waals surface area contributed by atoms with Crippen LogP contribution in [-0.2, 0) is 9.84 Å². The Morgan fingerprint density at radius 2 is 1.84 bits per heavy atom. The van der Waals surface area contributed by atoms with Gasteiger partial charge < -0.3 is 11.1 Å². The minimum atomic E-state index is -3.43. The van der Waals surface area contributed by atoms with Crippen molar-refractivity contribution in [3.63, 3.8) is 0 Å². The Labute approximate surface area is 181 Å². The van der Waals surface area contributed by atoms with Gasteiger partial charge in [0, 0.05) is 36.1 Å². The zero-order chi connectivity index (χ0) is 21.6. The molecule has 0 saturated heterocycles. The minimum Gasteiger partial charge on any atom is -0.375 e. The van der Waals surface area contributed by atoms with Gasteiger partial charge in [0.1, 0.15) is 0 Å². The third kappa shape index (κ3) is 3.66. The van der Waals surface area contributed by atoms with Gasteiger partial charge in [0.05, 0.1) is 38.0 Å². The molecule has 0 amide bonds. The predicted molar refractivity (Wildman–Crippen MR) is 123 cm³/mol. The molecule has 0 spiro atoms. The van der Waals surface area contributed by atoms with Crippen molar-refractivity contribution < 1.29 is 8.42 Å². The molecule has 0 atom stereocenters. The van der Waals surface area contributed by atoms with Crippen molar-refractivity contribution in [1.29, 1.82) is 0 Å². The summed E-state index contributed by atoms with van der Waals surface area (Å²) >= 11 is 1.42. The second kappa shape index (κ2) is 7.25. The lowest BCUT2D eigenvalue weighted by Gasteiger charge is -2.13. The van der Waals surface area contributed by atoms with Crippen molar-refractivity contribution in [2.45, 2.75) is 4.90 Å². The molecule has 3 aromatic heterocycles. The molecule has 10 heteroatoms. The monoisotopic (exact) mass is 448 g/mol. The van der Waals surface area contributed by atoms with Gasteiger partial charge in [-0.1, -0.05) is 17.4 Å². The highest BCUT2D eigenvalue weighted by Crippen LogP contribution is 2.35. The summed E-state index contributed by atoms with van der Waals surface area (Å²) in [7, 11) is -3.43. The highest BCUT2D eigenvalue weighted by atomic mass is 32.2. The standard InChI is InChI=1S/C21H16N6O2S2/c1-31(28,29)19-4-5-23-11-17(19)26-13-9-14(20-16(10-13)24-6-7-25-20)12-2-3-15-18(8-12)30-21(22)27-15/h2-11,26H,1H3,(H2,22,27). The number of hydrogen-bond donors (Lipinski definition) is 2. The van der Waals surface area contributed by atoms with Gasteiger partial charge in [-0.3, -0.25) is 15.0 Å². The topological polar surface area (TPSA) is 124 Å². The minimum absolute atomic E-state index is 0.171. The normalized spacial score (nSPS) is 11.8. The largest absolute Gasteiger partial charge is 0.375 e. The molecule has 0 aliphatic carbocycles. The number of nitrogens with one attached hydrogen (secondary N) is 1. The van der Waals surface area contributed by atoms with E-state index in [1.54, 1.807) is 12.4 Å². The summed E-state index contributed by atoms with van der Waals surface area (Å²) in [5, 5.41) is 3.69. The van der Waals surface area contributed by atoms with Gasteiger partial charge >= 0.3 is 0 Å². The zero-order valence-electron chi connectivity index (χ0n) is 16.3. The Hall–Kier alpha value is -3.63. The van der Waals surface area contributed by atoms with E-state index in [1.807, 2.05) is 30.3 Å². The van der Waals surface area contributed by atoms with Gasteiger partial charge in [-0.15, -0.1) is 0 Å². The summed E-state index contributed by atoms with van der Waals surface area (Å²) in [5.41, 5.74) is 10.9. The molecule has 0 aliphatic heterocycles. The van der Waals surface area contributed by atoms with Gasteiger partial charge in [-0.2, -0.15) is 0 Å². The number of sulfone groups is 1. The highest BCUT2D eigenvalue weighted by Gasteiger charge is 2.15. The average molecular weight is 449 g/mol. The first-order valence-electron chi connectivity index (χ1n) is 9.21. The Balaban J connectivity index is 1.68. The number of fused-ring (bicyclic) bond motifs is 2. The van der Waals surface area contributed by atoms with Gasteiger partial charge in [-0.05, 0) is 35.9 Å². The van der Waals surface area contributed by atoms with Crippen LogP contribution in [0, 0.1) is 0 Å². The van der Waals surface area contributed by atoms with Crippen LogP contribution in [0.4, 0.5) is 16.5 Å². The van der Waals surface area contributed by atoms with Crippen molar-refractivity contribution in [3.05, 3.63) is 61.2 Å². The van der Waals surface area contributed by atoms with Crippen LogP contribution in [-0.4, -0.2) is 34.6 Å². The van der Waals surface area contributed by atoms with Crippen molar-refractivity contribution in [3.8, 4) is 11.1 Å². The smallest absolute Gasteiger partial charge is 0.181 e. The van der Waals surface area contributed by atoms with Gasteiger partial charge in [0.15, 0.2) is 15.0 Å². The molecule has 0 unspecified atom stereocenters. The average Bonchev–Trinajstić information content (AvgIpc) is 3.12. The van der Waals surface area contributed by atoms with E-state index in [1.165, 1.54) is 36.1 Å². The summed E-state index contributed by atoms with van der Waals surface area (Å²) in [6, 6.07) is 11.1. The molecule has 3 heterocycles. The number of aromatic nitrogens is 4.